The van der Waals surface area contributed by atoms with Crippen molar-refractivity contribution in [2.24, 2.45) is 0 Å². The number of aliphatic carboxylic acids is 1. The van der Waals surface area contributed by atoms with Crippen molar-refractivity contribution in [3.63, 3.8) is 0 Å². The molecule has 0 saturated carbocycles. The number of nitrogens with one attached hydrogen (secondary N) is 3. The summed E-state index contributed by atoms with van der Waals surface area (Å²) in [6.45, 7) is 9.01. The summed E-state index contributed by atoms with van der Waals surface area (Å²) in [6, 6.07) is 0. The molecule has 4 N–H and O–H groups in total. The van der Waals surface area contributed by atoms with E-state index >= 15 is 0 Å². The lowest BCUT2D eigenvalue weighted by Gasteiger charge is -2.46. The summed E-state index contributed by atoms with van der Waals surface area (Å²) in [5.41, 5.74) is -1.06. The lowest BCUT2D eigenvalue weighted by atomic mass is 9.84. The van der Waals surface area contributed by atoms with Gasteiger partial charge in [-0.2, -0.15) is 0 Å². The molecule has 0 aliphatic carbocycles. The number of unbranched alkanes of at least 4 members (excludes halogenated alkanes) is 37. The van der Waals surface area contributed by atoms with Gasteiger partial charge in [-0.05, 0) is 44.9 Å². The Kier molecular flexibility index (Phi) is 49.8. The lowest BCUT2D eigenvalue weighted by Crippen LogP contribution is -2.64. The van der Waals surface area contributed by atoms with Gasteiger partial charge < -0.3 is 25.5 Å². The second-order valence-corrected chi connectivity index (χ2v) is 22.7. The van der Waals surface area contributed by atoms with Gasteiger partial charge in [0.2, 0.25) is 17.7 Å². The Hall–Kier alpha value is -2.16. The van der Waals surface area contributed by atoms with E-state index < -0.39 is 11.5 Å². The zero-order valence-corrected chi connectivity index (χ0v) is 48.3. The van der Waals surface area contributed by atoms with Crippen LogP contribution in [-0.2, 0) is 19.2 Å². The Bertz CT molecular complexity index is 1160. The molecule has 0 saturated heterocycles. The molecule has 0 aliphatic heterocycles. The van der Waals surface area contributed by atoms with E-state index in [1.165, 1.54) is 212 Å². The van der Waals surface area contributed by atoms with E-state index in [0.29, 0.717) is 75.6 Å². The molecular formula is C62H123N4O5+. The summed E-state index contributed by atoms with van der Waals surface area (Å²) in [4.78, 5) is 51.7. The maximum atomic E-state index is 13.4. The summed E-state index contributed by atoms with van der Waals surface area (Å²) < 4.78 is 0.315. The largest absolute Gasteiger partial charge is 0.477 e. The number of hydrogen-bond acceptors (Lipinski definition) is 4. The van der Waals surface area contributed by atoms with Gasteiger partial charge in [-0.1, -0.05) is 252 Å². The van der Waals surface area contributed by atoms with E-state index in [-0.39, 0.29) is 17.7 Å². The van der Waals surface area contributed by atoms with Gasteiger partial charge in [0.1, 0.15) is 0 Å². The van der Waals surface area contributed by atoms with Crippen LogP contribution in [0, 0.1) is 0 Å². The molecule has 0 unspecified atom stereocenters. The third kappa shape index (κ3) is 42.9. The lowest BCUT2D eigenvalue weighted by molar-refractivity contribution is -0.933. The smallest absolute Gasteiger partial charge is 0.365 e. The predicted molar refractivity (Wildman–Crippen MR) is 305 cm³/mol. The molecule has 0 aromatic heterocycles. The fourth-order valence-electron chi connectivity index (χ4n) is 10.7. The zero-order valence-electron chi connectivity index (χ0n) is 48.3. The third-order valence-corrected chi connectivity index (χ3v) is 15.7. The summed E-state index contributed by atoms with van der Waals surface area (Å²) in [7, 11) is 4.06. The van der Waals surface area contributed by atoms with E-state index in [1.807, 2.05) is 14.1 Å². The Morgan fingerprint density at radius 3 is 0.789 bits per heavy atom. The maximum Gasteiger partial charge on any atom is 0.365 e. The first-order chi connectivity index (χ1) is 34.6. The molecule has 0 radical (unpaired) electrons. The monoisotopic (exact) mass is 1000 g/mol. The molecule has 3 amide bonds. The Morgan fingerprint density at radius 1 is 0.324 bits per heavy atom. The number of rotatable bonds is 57. The number of likely N-dealkylation sites (N-methyl/N-ethyl adjacent to an activating group) is 1. The number of carboxylic acids is 1. The molecule has 0 rings (SSSR count). The van der Waals surface area contributed by atoms with E-state index in [1.54, 1.807) is 0 Å². The molecule has 0 aromatic carbocycles. The van der Waals surface area contributed by atoms with Gasteiger partial charge in [-0.3, -0.25) is 14.4 Å². The molecule has 0 aliphatic rings. The van der Waals surface area contributed by atoms with Gasteiger partial charge in [-0.15, -0.1) is 0 Å². The van der Waals surface area contributed by atoms with Crippen LogP contribution in [0.15, 0.2) is 0 Å². The van der Waals surface area contributed by atoms with Crippen LogP contribution in [0.5, 0.6) is 0 Å². The fourth-order valence-corrected chi connectivity index (χ4v) is 10.7. The quantitative estimate of drug-likeness (QED) is 0.0357. The molecule has 0 heterocycles. The predicted octanol–water partition coefficient (Wildman–Crippen LogP) is 17.0. The highest BCUT2D eigenvalue weighted by atomic mass is 16.4. The minimum absolute atomic E-state index is 0.0603. The standard InChI is InChI=1S/C62H122N4O5/c1-6-9-12-15-18-21-24-27-30-33-36-39-42-49-58(67)63-54-45-46-57-66(4,5)62(61(70)71,52-47-55-64-59(68)50-43-40-37-34-31-28-25-22-19-16-13-10-7-2)53-48-56-65-60(69)51-44-41-38-35-32-29-26-23-20-17-14-11-8-3/h6-57H2,1-5H3,(H3-,63,64,65,67,68,69,70,71)/p+1. The van der Waals surface area contributed by atoms with Gasteiger partial charge in [0.05, 0.1) is 20.6 Å². The van der Waals surface area contributed by atoms with E-state index in [9.17, 15) is 24.3 Å². The van der Waals surface area contributed by atoms with E-state index in [2.05, 4.69) is 36.7 Å². The number of carbonyl (C=O) groups excluding carboxylic acids is 3. The second kappa shape index (κ2) is 51.3. The summed E-state index contributed by atoms with van der Waals surface area (Å²) in [5.74, 6) is -0.575. The number of hydrogen-bond donors (Lipinski definition) is 4. The number of carboxylic acid groups (broad SMARTS) is 1. The molecule has 9 nitrogen and oxygen atoms in total. The fraction of sp³-hybridized carbons (Fsp3) is 0.935. The van der Waals surface area contributed by atoms with Crippen molar-refractivity contribution in [1.82, 2.24) is 16.0 Å². The van der Waals surface area contributed by atoms with Crippen LogP contribution in [0.2, 0.25) is 0 Å². The zero-order chi connectivity index (χ0) is 52.2. The maximum absolute atomic E-state index is 13.4. The third-order valence-electron chi connectivity index (χ3n) is 15.7. The van der Waals surface area contributed by atoms with Crippen molar-refractivity contribution >= 4 is 23.7 Å². The molecule has 0 spiro atoms. The Labute approximate surface area is 441 Å². The molecule has 0 atom stereocenters. The number of nitrogens with zero attached hydrogens (tertiary/aromatic N) is 1. The summed E-state index contributed by atoms with van der Waals surface area (Å²) in [5, 5.41) is 20.3. The minimum atomic E-state index is -1.06. The molecule has 420 valence electrons. The van der Waals surface area contributed by atoms with Crippen molar-refractivity contribution in [2.45, 2.75) is 335 Å². The molecule has 0 aromatic rings. The van der Waals surface area contributed by atoms with Crippen LogP contribution in [0.25, 0.3) is 0 Å². The molecule has 0 bridgehead atoms. The van der Waals surface area contributed by atoms with Gasteiger partial charge in [-0.25, -0.2) is 4.79 Å². The van der Waals surface area contributed by atoms with E-state index in [4.69, 9.17) is 0 Å². The van der Waals surface area contributed by atoms with Gasteiger partial charge >= 0.3 is 5.97 Å². The Balaban J connectivity index is 4.82. The summed E-state index contributed by atoms with van der Waals surface area (Å²) >= 11 is 0. The van der Waals surface area contributed by atoms with Crippen LogP contribution in [0.4, 0.5) is 0 Å². The topological polar surface area (TPSA) is 125 Å². The number of amides is 3. The normalized spacial score (nSPS) is 11.8. The highest BCUT2D eigenvalue weighted by Gasteiger charge is 2.51. The second-order valence-electron chi connectivity index (χ2n) is 22.7. The summed E-state index contributed by atoms with van der Waals surface area (Å²) in [6.07, 6.45) is 55.2. The van der Waals surface area contributed by atoms with Gasteiger partial charge in [0, 0.05) is 51.7 Å². The van der Waals surface area contributed by atoms with Crippen molar-refractivity contribution in [3.8, 4) is 0 Å². The van der Waals surface area contributed by atoms with E-state index in [0.717, 1.165) is 51.4 Å². The van der Waals surface area contributed by atoms with Crippen molar-refractivity contribution < 1.29 is 28.8 Å². The first-order valence-electron chi connectivity index (χ1n) is 31.4. The van der Waals surface area contributed by atoms with Crippen molar-refractivity contribution in [2.75, 3.05) is 40.3 Å². The van der Waals surface area contributed by atoms with Gasteiger partial charge in [0.15, 0.2) is 5.54 Å². The van der Waals surface area contributed by atoms with Crippen LogP contribution in [-0.4, -0.2) is 79.1 Å². The molecule has 9 heteroatoms. The number of carbonyl (C=O) groups is 4. The van der Waals surface area contributed by atoms with Gasteiger partial charge in [0.25, 0.3) is 0 Å². The van der Waals surface area contributed by atoms with Crippen LogP contribution in [0.1, 0.15) is 329 Å². The minimum Gasteiger partial charge on any atom is -0.477 e. The van der Waals surface area contributed by atoms with Crippen molar-refractivity contribution in [1.29, 1.82) is 0 Å². The highest BCUT2D eigenvalue weighted by molar-refractivity contribution is 5.78. The average Bonchev–Trinajstić information content (AvgIpc) is 3.35. The number of quaternary nitrogens is 1. The molecule has 0 fully saturated rings. The van der Waals surface area contributed by atoms with Crippen molar-refractivity contribution in [3.05, 3.63) is 0 Å². The average molecular weight is 1000 g/mol. The van der Waals surface area contributed by atoms with Crippen LogP contribution >= 0.6 is 0 Å². The highest BCUT2D eigenvalue weighted by Crippen LogP contribution is 2.33. The SMILES string of the molecule is CCCCCCCCCCCCCCCC(=O)NCCCC[N+](C)(C)C(CCCNC(=O)CCCCCCCCCCCCCCC)(CCCNC(=O)CCCCCCCCCCCCCCC)C(=O)O. The van der Waals surface area contributed by atoms with Crippen LogP contribution in [0.3, 0.4) is 0 Å². The van der Waals surface area contributed by atoms with Crippen LogP contribution < -0.4 is 16.0 Å². The Morgan fingerprint density at radius 2 is 0.549 bits per heavy atom. The molecular weight excluding hydrogens is 881 g/mol. The molecule has 71 heavy (non-hydrogen) atoms. The first kappa shape index (κ1) is 68.8. The first-order valence-corrected chi connectivity index (χ1v) is 31.4.